The summed E-state index contributed by atoms with van der Waals surface area (Å²) in [5, 5.41) is 11.5. The fourth-order valence-corrected chi connectivity index (χ4v) is 2.38. The summed E-state index contributed by atoms with van der Waals surface area (Å²) in [5.41, 5.74) is 0.360. The smallest absolute Gasteiger partial charge is 0.481 e. The molecule has 2 atom stereocenters. The number of carbonyl (C=O) groups excluding carboxylic acids is 1. The first-order valence-electron chi connectivity index (χ1n) is 7.24. The summed E-state index contributed by atoms with van der Waals surface area (Å²) in [5.74, 6) is -2.01. The van der Waals surface area contributed by atoms with Crippen LogP contribution in [0.15, 0.2) is 24.3 Å². The summed E-state index contributed by atoms with van der Waals surface area (Å²) in [7, 11) is 0. The highest BCUT2D eigenvalue weighted by molar-refractivity contribution is 5.82. The number of alkyl halides is 3. The Labute approximate surface area is 135 Å². The lowest BCUT2D eigenvalue weighted by Crippen LogP contribution is -2.37. The molecule has 2 N–H and O–H groups in total. The van der Waals surface area contributed by atoms with Crippen LogP contribution in [0.3, 0.4) is 0 Å². The van der Waals surface area contributed by atoms with Crippen molar-refractivity contribution >= 4 is 11.9 Å². The van der Waals surface area contributed by atoms with Crippen LogP contribution in [0.1, 0.15) is 30.9 Å². The third-order valence-electron chi connectivity index (χ3n) is 3.43. The Morgan fingerprint density at radius 3 is 2.50 bits per heavy atom. The van der Waals surface area contributed by atoms with Gasteiger partial charge in [0.15, 0.2) is 0 Å². The maximum absolute atomic E-state index is 12.1. The van der Waals surface area contributed by atoms with E-state index in [1.807, 2.05) is 0 Å². The highest BCUT2D eigenvalue weighted by atomic mass is 19.4. The third-order valence-corrected chi connectivity index (χ3v) is 3.43. The van der Waals surface area contributed by atoms with Crippen LogP contribution in [0.25, 0.3) is 0 Å². The predicted molar refractivity (Wildman–Crippen MR) is 75.2 cm³/mol. The molecule has 1 aliphatic heterocycles. The summed E-state index contributed by atoms with van der Waals surface area (Å²) in [4.78, 5) is 23.0. The molecule has 0 radical (unpaired) electrons. The zero-order valence-electron chi connectivity index (χ0n) is 12.5. The van der Waals surface area contributed by atoms with Crippen LogP contribution >= 0.6 is 0 Å². The maximum Gasteiger partial charge on any atom is 0.573 e. The van der Waals surface area contributed by atoms with Gasteiger partial charge in [-0.15, -0.1) is 13.2 Å². The minimum Gasteiger partial charge on any atom is -0.481 e. The van der Waals surface area contributed by atoms with Gasteiger partial charge in [0.1, 0.15) is 11.9 Å². The molecule has 0 aliphatic carbocycles. The molecule has 0 spiro atoms. The number of hydrogen-bond donors (Lipinski definition) is 2. The molecular weight excluding hydrogens is 331 g/mol. The molecule has 0 bridgehead atoms. The van der Waals surface area contributed by atoms with E-state index in [9.17, 15) is 22.8 Å². The van der Waals surface area contributed by atoms with Crippen molar-refractivity contribution in [2.45, 2.75) is 37.8 Å². The van der Waals surface area contributed by atoms with Crippen molar-refractivity contribution in [2.75, 3.05) is 6.61 Å². The van der Waals surface area contributed by atoms with Crippen LogP contribution in [0.5, 0.6) is 5.75 Å². The molecule has 1 aliphatic rings. The highest BCUT2D eigenvalue weighted by Crippen LogP contribution is 2.26. The lowest BCUT2D eigenvalue weighted by atomic mass is 10.0. The topological polar surface area (TPSA) is 84.9 Å². The quantitative estimate of drug-likeness (QED) is 0.825. The summed E-state index contributed by atoms with van der Waals surface area (Å²) in [6.07, 6.45) is -4.56. The van der Waals surface area contributed by atoms with Crippen molar-refractivity contribution in [3.8, 4) is 5.75 Å². The summed E-state index contributed by atoms with van der Waals surface area (Å²) >= 11 is 0. The number of amides is 1. The van der Waals surface area contributed by atoms with Crippen molar-refractivity contribution in [2.24, 2.45) is 0 Å². The van der Waals surface area contributed by atoms with Crippen LogP contribution in [-0.4, -0.2) is 36.1 Å². The average Bonchev–Trinajstić information content (AvgIpc) is 2.99. The van der Waals surface area contributed by atoms with Gasteiger partial charge in [-0.05, 0) is 30.5 Å². The molecule has 0 saturated carbocycles. The SMILES string of the molecule is O=C(O)C[C@H](NC(=O)[C@@H]1CCCO1)c1ccc(OC(F)(F)F)cc1. The van der Waals surface area contributed by atoms with Crippen molar-refractivity contribution in [3.05, 3.63) is 29.8 Å². The highest BCUT2D eigenvalue weighted by Gasteiger charge is 2.31. The number of benzene rings is 1. The van der Waals surface area contributed by atoms with Gasteiger partial charge in [0.25, 0.3) is 0 Å². The number of carboxylic acids is 1. The number of rotatable bonds is 6. The third kappa shape index (κ3) is 5.41. The Morgan fingerprint density at radius 1 is 1.33 bits per heavy atom. The first-order valence-corrected chi connectivity index (χ1v) is 7.24. The molecule has 1 fully saturated rings. The normalized spacial score (nSPS) is 18.9. The number of halogens is 3. The first kappa shape index (κ1) is 18.1. The van der Waals surface area contributed by atoms with E-state index in [0.29, 0.717) is 18.6 Å². The van der Waals surface area contributed by atoms with E-state index >= 15 is 0 Å². The van der Waals surface area contributed by atoms with Gasteiger partial charge in [0.05, 0.1) is 12.5 Å². The summed E-state index contributed by atoms with van der Waals surface area (Å²) in [6, 6.07) is 3.82. The second-order valence-corrected chi connectivity index (χ2v) is 5.28. The van der Waals surface area contributed by atoms with Crippen LogP contribution in [0, 0.1) is 0 Å². The Kier molecular flexibility index (Phi) is 5.66. The fourth-order valence-electron chi connectivity index (χ4n) is 2.38. The predicted octanol–water partition coefficient (Wildman–Crippen LogP) is 2.40. The van der Waals surface area contributed by atoms with Crippen molar-refractivity contribution in [1.29, 1.82) is 0 Å². The largest absolute Gasteiger partial charge is 0.573 e. The molecule has 1 heterocycles. The number of carboxylic acid groups (broad SMARTS) is 1. The van der Waals surface area contributed by atoms with Crippen LogP contribution < -0.4 is 10.1 Å². The Hall–Kier alpha value is -2.29. The molecule has 2 rings (SSSR count). The van der Waals surface area contributed by atoms with Crippen molar-refractivity contribution in [1.82, 2.24) is 5.32 Å². The van der Waals surface area contributed by atoms with Crippen LogP contribution in [0.4, 0.5) is 13.2 Å². The van der Waals surface area contributed by atoms with Crippen LogP contribution in [0.2, 0.25) is 0 Å². The molecule has 1 saturated heterocycles. The number of aliphatic carboxylic acids is 1. The standard InChI is InChI=1S/C15H16F3NO5/c16-15(17,18)24-10-5-3-9(4-6-10)11(8-13(20)21)19-14(22)12-2-1-7-23-12/h3-6,11-12H,1-2,7-8H2,(H,19,22)(H,20,21)/t11-,12-/m0/s1. The van der Waals surface area contributed by atoms with Crippen molar-refractivity contribution < 1.29 is 37.3 Å². The molecule has 9 heteroatoms. The Morgan fingerprint density at radius 2 is 2.00 bits per heavy atom. The molecule has 24 heavy (non-hydrogen) atoms. The van der Waals surface area contributed by atoms with Gasteiger partial charge in [-0.3, -0.25) is 9.59 Å². The maximum atomic E-state index is 12.1. The lowest BCUT2D eigenvalue weighted by molar-refractivity contribution is -0.274. The van der Waals surface area contributed by atoms with Gasteiger partial charge in [0.2, 0.25) is 5.91 Å². The zero-order valence-corrected chi connectivity index (χ0v) is 12.5. The van der Waals surface area contributed by atoms with E-state index in [1.165, 1.54) is 12.1 Å². The second-order valence-electron chi connectivity index (χ2n) is 5.28. The van der Waals surface area contributed by atoms with E-state index in [0.717, 1.165) is 18.6 Å². The minimum atomic E-state index is -4.81. The van der Waals surface area contributed by atoms with Gasteiger partial charge >= 0.3 is 12.3 Å². The van der Waals surface area contributed by atoms with E-state index in [4.69, 9.17) is 9.84 Å². The van der Waals surface area contributed by atoms with E-state index in [1.54, 1.807) is 0 Å². The number of hydrogen-bond acceptors (Lipinski definition) is 4. The van der Waals surface area contributed by atoms with E-state index in [2.05, 4.69) is 10.1 Å². The number of ether oxygens (including phenoxy) is 2. The molecule has 1 amide bonds. The van der Waals surface area contributed by atoms with Gasteiger partial charge in [0, 0.05) is 6.61 Å². The molecule has 6 nitrogen and oxygen atoms in total. The summed E-state index contributed by atoms with van der Waals surface area (Å²) in [6.45, 7) is 0.463. The van der Waals surface area contributed by atoms with Crippen LogP contribution in [-0.2, 0) is 14.3 Å². The Balaban J connectivity index is 2.08. The van der Waals surface area contributed by atoms with Gasteiger partial charge in [-0.1, -0.05) is 12.1 Å². The fraction of sp³-hybridized carbons (Fsp3) is 0.467. The Bertz CT molecular complexity index is 582. The molecule has 132 valence electrons. The van der Waals surface area contributed by atoms with Gasteiger partial charge < -0.3 is 19.9 Å². The summed E-state index contributed by atoms with van der Waals surface area (Å²) < 4.78 is 45.4. The van der Waals surface area contributed by atoms with Gasteiger partial charge in [-0.25, -0.2) is 0 Å². The number of nitrogens with one attached hydrogen (secondary N) is 1. The molecule has 0 aromatic heterocycles. The first-order chi connectivity index (χ1) is 11.2. The van der Waals surface area contributed by atoms with E-state index < -0.39 is 42.6 Å². The molecule has 1 aromatic carbocycles. The van der Waals surface area contributed by atoms with Gasteiger partial charge in [-0.2, -0.15) is 0 Å². The lowest BCUT2D eigenvalue weighted by Gasteiger charge is -2.20. The molecule has 1 aromatic rings. The zero-order chi connectivity index (χ0) is 17.7. The molecule has 0 unspecified atom stereocenters. The number of carbonyl (C=O) groups is 2. The second kappa shape index (κ2) is 7.52. The van der Waals surface area contributed by atoms with Crippen molar-refractivity contribution in [3.63, 3.8) is 0 Å². The molecular formula is C15H16F3NO5. The minimum absolute atomic E-state index is 0.360. The monoisotopic (exact) mass is 347 g/mol. The van der Waals surface area contributed by atoms with E-state index in [-0.39, 0.29) is 0 Å². The average molecular weight is 347 g/mol.